The first-order chi connectivity index (χ1) is 10.3. The zero-order chi connectivity index (χ0) is 16.4. The fourth-order valence-corrected chi connectivity index (χ4v) is 2.81. The highest BCUT2D eigenvalue weighted by Gasteiger charge is 2.15. The van der Waals surface area contributed by atoms with Crippen LogP contribution in [0.5, 0.6) is 0 Å². The minimum Gasteiger partial charge on any atom is -0.377 e. The zero-order valence-corrected chi connectivity index (χ0v) is 14.4. The van der Waals surface area contributed by atoms with Crippen molar-refractivity contribution in [1.29, 1.82) is 0 Å². The van der Waals surface area contributed by atoms with Crippen LogP contribution in [0.2, 0.25) is 0 Å². The van der Waals surface area contributed by atoms with Crippen LogP contribution in [0, 0.1) is 20.8 Å². The summed E-state index contributed by atoms with van der Waals surface area (Å²) in [6, 6.07) is 8.25. The molecule has 1 aromatic carbocycles. The van der Waals surface area contributed by atoms with E-state index in [1.54, 1.807) is 0 Å². The fourth-order valence-electron chi connectivity index (χ4n) is 2.81. The van der Waals surface area contributed by atoms with Gasteiger partial charge in [-0.2, -0.15) is 0 Å². The summed E-state index contributed by atoms with van der Waals surface area (Å²) >= 11 is 0. The topological polar surface area (TPSA) is 34.0 Å². The predicted molar refractivity (Wildman–Crippen MR) is 93.0 cm³/mol. The highest BCUT2D eigenvalue weighted by atomic mass is 16.1. The van der Waals surface area contributed by atoms with Crippen molar-refractivity contribution < 1.29 is 4.79 Å². The molecule has 2 rings (SSSR count). The highest BCUT2D eigenvalue weighted by molar-refractivity contribution is 6.00. The zero-order valence-electron chi connectivity index (χ0n) is 14.4. The second kappa shape index (κ2) is 6.39. The Kier molecular flexibility index (Phi) is 4.74. The number of benzene rings is 1. The van der Waals surface area contributed by atoms with E-state index in [0.29, 0.717) is 12.5 Å². The van der Waals surface area contributed by atoms with Gasteiger partial charge in [0.1, 0.15) is 0 Å². The Hall–Kier alpha value is -2.03. The summed E-state index contributed by atoms with van der Waals surface area (Å²) < 4.78 is 2.06. The Bertz CT molecular complexity index is 696. The van der Waals surface area contributed by atoms with E-state index in [-0.39, 0.29) is 5.78 Å². The minimum absolute atomic E-state index is 0.138. The number of carbonyl (C=O) groups is 1. The molecule has 22 heavy (non-hydrogen) atoms. The van der Waals surface area contributed by atoms with Gasteiger partial charge in [-0.1, -0.05) is 32.0 Å². The Morgan fingerprint density at radius 2 is 1.91 bits per heavy atom. The third-order valence-corrected chi connectivity index (χ3v) is 4.43. The van der Waals surface area contributed by atoms with E-state index in [0.717, 1.165) is 22.6 Å². The van der Waals surface area contributed by atoms with E-state index in [1.165, 1.54) is 11.1 Å². The van der Waals surface area contributed by atoms with Gasteiger partial charge in [0.15, 0.2) is 5.78 Å². The summed E-state index contributed by atoms with van der Waals surface area (Å²) in [5, 5.41) is 3.36. The number of aromatic nitrogens is 1. The van der Waals surface area contributed by atoms with Crippen LogP contribution < -0.4 is 5.32 Å². The molecule has 1 heterocycles. The predicted octanol–water partition coefficient (Wildman–Crippen LogP) is 4.37. The van der Waals surface area contributed by atoms with Crippen LogP contribution in [-0.2, 0) is 7.05 Å². The van der Waals surface area contributed by atoms with E-state index in [9.17, 15) is 4.79 Å². The average molecular weight is 298 g/mol. The first kappa shape index (κ1) is 16.3. The minimum atomic E-state index is 0.138. The summed E-state index contributed by atoms with van der Waals surface area (Å²) in [5.41, 5.74) is 6.48. The molecule has 0 atom stereocenters. The van der Waals surface area contributed by atoms with Crippen molar-refractivity contribution in [3.05, 3.63) is 52.3 Å². The molecule has 3 nitrogen and oxygen atoms in total. The molecule has 0 aliphatic heterocycles. The smallest absolute Gasteiger partial charge is 0.183 e. The van der Waals surface area contributed by atoms with Crippen LogP contribution >= 0.6 is 0 Å². The summed E-state index contributed by atoms with van der Waals surface area (Å²) in [6.07, 6.45) is 0. The largest absolute Gasteiger partial charge is 0.377 e. The molecule has 118 valence electrons. The number of hydrogen-bond acceptors (Lipinski definition) is 2. The van der Waals surface area contributed by atoms with Gasteiger partial charge in [0.25, 0.3) is 0 Å². The van der Waals surface area contributed by atoms with E-state index in [1.807, 2.05) is 27.0 Å². The van der Waals surface area contributed by atoms with Crippen LogP contribution in [0.25, 0.3) is 0 Å². The maximum Gasteiger partial charge on any atom is 0.183 e. The van der Waals surface area contributed by atoms with Crippen LogP contribution in [0.1, 0.15) is 52.6 Å². The molecule has 0 bridgehead atoms. The van der Waals surface area contributed by atoms with Crippen LogP contribution in [0.4, 0.5) is 5.69 Å². The average Bonchev–Trinajstić information content (AvgIpc) is 2.73. The van der Waals surface area contributed by atoms with E-state index in [4.69, 9.17) is 0 Å². The molecular formula is C19H26N2O. The normalized spacial score (nSPS) is 11.0. The lowest BCUT2D eigenvalue weighted by atomic mass is 9.98. The quantitative estimate of drug-likeness (QED) is 0.832. The number of Topliss-reactive ketones (excluding diaryl/α,β-unsaturated/α-hetero) is 1. The number of hydrogen-bond donors (Lipinski definition) is 1. The van der Waals surface area contributed by atoms with Crippen molar-refractivity contribution >= 4 is 11.5 Å². The molecule has 2 aromatic rings. The molecule has 1 aromatic heterocycles. The van der Waals surface area contributed by atoms with Gasteiger partial charge in [-0.25, -0.2) is 0 Å². The molecule has 0 spiro atoms. The number of ketones is 1. The first-order valence-corrected chi connectivity index (χ1v) is 7.82. The summed E-state index contributed by atoms with van der Waals surface area (Å²) in [6.45, 7) is 10.8. The molecule has 3 heteroatoms. The lowest BCUT2D eigenvalue weighted by molar-refractivity contribution is 0.101. The molecule has 0 saturated carbocycles. The van der Waals surface area contributed by atoms with E-state index >= 15 is 0 Å². The molecule has 1 N–H and O–H groups in total. The Morgan fingerprint density at radius 1 is 1.23 bits per heavy atom. The van der Waals surface area contributed by atoms with Gasteiger partial charge >= 0.3 is 0 Å². The molecule has 0 radical (unpaired) electrons. The van der Waals surface area contributed by atoms with Gasteiger partial charge < -0.3 is 9.88 Å². The molecule has 0 saturated heterocycles. The summed E-state index contributed by atoms with van der Waals surface area (Å²) in [5.74, 6) is 0.567. The number of anilines is 1. The van der Waals surface area contributed by atoms with E-state index < -0.39 is 0 Å². The van der Waals surface area contributed by atoms with Gasteiger partial charge in [0, 0.05) is 29.7 Å². The molecule has 0 fully saturated rings. The van der Waals surface area contributed by atoms with Gasteiger partial charge in [-0.3, -0.25) is 4.79 Å². The first-order valence-electron chi connectivity index (χ1n) is 7.82. The lowest BCUT2D eigenvalue weighted by Gasteiger charge is -2.17. The Morgan fingerprint density at radius 3 is 2.45 bits per heavy atom. The number of rotatable bonds is 5. The van der Waals surface area contributed by atoms with Gasteiger partial charge in [0.2, 0.25) is 0 Å². The number of nitrogens with zero attached hydrogens (tertiary/aromatic N) is 1. The van der Waals surface area contributed by atoms with Crippen molar-refractivity contribution in [3.63, 3.8) is 0 Å². The molecular weight excluding hydrogens is 272 g/mol. The maximum atomic E-state index is 12.5. The molecule has 0 unspecified atom stereocenters. The number of para-hydroxylation sites is 1. The maximum absolute atomic E-state index is 12.5. The van der Waals surface area contributed by atoms with Crippen LogP contribution in [0.3, 0.4) is 0 Å². The summed E-state index contributed by atoms with van der Waals surface area (Å²) in [7, 11) is 1.99. The molecule has 0 aliphatic carbocycles. The lowest BCUT2D eigenvalue weighted by Crippen LogP contribution is -2.16. The van der Waals surface area contributed by atoms with Crippen molar-refractivity contribution in [3.8, 4) is 0 Å². The number of aryl methyl sites for hydroxylation is 2. The van der Waals surface area contributed by atoms with Crippen LogP contribution in [0.15, 0.2) is 24.3 Å². The second-order valence-electron chi connectivity index (χ2n) is 6.31. The van der Waals surface area contributed by atoms with Crippen molar-refractivity contribution in [1.82, 2.24) is 4.57 Å². The van der Waals surface area contributed by atoms with Crippen LogP contribution in [-0.4, -0.2) is 16.9 Å². The Balaban J connectivity index is 2.20. The number of nitrogens with one attached hydrogen (secondary N) is 1. The Labute approximate surface area is 133 Å². The van der Waals surface area contributed by atoms with Crippen molar-refractivity contribution in [2.75, 3.05) is 11.9 Å². The molecule has 0 aliphatic rings. The standard InChI is InChI=1S/C19H26N2O/c1-12(2)16-9-7-8-13(3)19(16)20-11-18(22)17-10-14(4)21(6)15(17)5/h7-10,12,20H,11H2,1-6H3. The van der Waals surface area contributed by atoms with Gasteiger partial charge in [0.05, 0.1) is 6.54 Å². The summed E-state index contributed by atoms with van der Waals surface area (Å²) in [4.78, 5) is 12.5. The van der Waals surface area contributed by atoms with Gasteiger partial charge in [-0.05, 0) is 43.9 Å². The number of carbonyl (C=O) groups excluding carboxylic acids is 1. The fraction of sp³-hybridized carbons (Fsp3) is 0.421. The monoisotopic (exact) mass is 298 g/mol. The third-order valence-electron chi connectivity index (χ3n) is 4.43. The van der Waals surface area contributed by atoms with Crippen molar-refractivity contribution in [2.24, 2.45) is 7.05 Å². The molecule has 0 amide bonds. The van der Waals surface area contributed by atoms with Gasteiger partial charge in [-0.15, -0.1) is 0 Å². The highest BCUT2D eigenvalue weighted by Crippen LogP contribution is 2.27. The van der Waals surface area contributed by atoms with E-state index in [2.05, 4.69) is 48.9 Å². The third kappa shape index (κ3) is 3.08. The second-order valence-corrected chi connectivity index (χ2v) is 6.31. The SMILES string of the molecule is Cc1cccc(C(C)C)c1NCC(=O)c1cc(C)n(C)c1C. The van der Waals surface area contributed by atoms with Crippen molar-refractivity contribution in [2.45, 2.75) is 40.5 Å².